The molecule has 0 aliphatic rings. The number of aryl methyl sites for hydroxylation is 1. The fourth-order valence-electron chi connectivity index (χ4n) is 2.39. The maximum Gasteiger partial charge on any atom is 0.215 e. The third-order valence-electron chi connectivity index (χ3n) is 3.71. The summed E-state index contributed by atoms with van der Waals surface area (Å²) >= 11 is 0. The fraction of sp³-hybridized carbons (Fsp3) is 0.235. The highest BCUT2D eigenvalue weighted by Gasteiger charge is 2.15. The summed E-state index contributed by atoms with van der Waals surface area (Å²) in [5.41, 5.74) is 0.630. The molecule has 8 nitrogen and oxygen atoms in total. The van der Waals surface area contributed by atoms with Gasteiger partial charge in [-0.1, -0.05) is 0 Å². The van der Waals surface area contributed by atoms with Gasteiger partial charge in [0.25, 0.3) is 0 Å². The number of nitrogens with one attached hydrogen (secondary N) is 2. The number of halogens is 2. The molecule has 28 heavy (non-hydrogen) atoms. The Morgan fingerprint density at radius 3 is 2.57 bits per heavy atom. The van der Waals surface area contributed by atoms with E-state index >= 15 is 0 Å². The van der Waals surface area contributed by atoms with Gasteiger partial charge in [-0.05, 0) is 43.3 Å². The van der Waals surface area contributed by atoms with Crippen LogP contribution in [0.2, 0.25) is 0 Å². The molecule has 0 radical (unpaired) electrons. The summed E-state index contributed by atoms with van der Waals surface area (Å²) in [6.45, 7) is 2.14. The first-order valence-electron chi connectivity index (χ1n) is 8.34. The standard InChI is InChI=1S/C17H18F2N6O2S/c1-12-6-9-25(24-12)17-5-4-16(22-23-17)20-7-8-21-28(26,27)11-13-10-14(18)2-3-15(13)19/h2-6,9-10,21H,7-8,11H2,1H3,(H,20,22). The number of anilines is 1. The first-order valence-corrected chi connectivity index (χ1v) is 9.99. The minimum Gasteiger partial charge on any atom is -0.367 e. The molecule has 0 atom stereocenters. The molecule has 0 bridgehead atoms. The average molecular weight is 408 g/mol. The zero-order valence-electron chi connectivity index (χ0n) is 14.9. The van der Waals surface area contributed by atoms with Crippen molar-refractivity contribution in [3.05, 3.63) is 65.5 Å². The molecule has 11 heteroatoms. The molecule has 1 aromatic carbocycles. The van der Waals surface area contributed by atoms with E-state index in [0.717, 1.165) is 23.9 Å². The molecule has 3 aromatic rings. The molecular formula is C17H18F2N6O2S. The Labute approximate surface area is 160 Å². The lowest BCUT2D eigenvalue weighted by Gasteiger charge is -2.09. The van der Waals surface area contributed by atoms with Crippen LogP contribution in [0.1, 0.15) is 11.3 Å². The van der Waals surface area contributed by atoms with Gasteiger partial charge in [0, 0.05) is 24.8 Å². The van der Waals surface area contributed by atoms with Crippen LogP contribution in [0, 0.1) is 18.6 Å². The molecular weight excluding hydrogens is 390 g/mol. The van der Waals surface area contributed by atoms with Gasteiger partial charge in [-0.3, -0.25) is 0 Å². The molecule has 0 unspecified atom stereocenters. The van der Waals surface area contributed by atoms with E-state index in [1.54, 1.807) is 23.0 Å². The number of hydrogen-bond donors (Lipinski definition) is 2. The van der Waals surface area contributed by atoms with Crippen LogP contribution in [0.25, 0.3) is 5.82 Å². The molecule has 2 aromatic heterocycles. The number of benzene rings is 1. The highest BCUT2D eigenvalue weighted by Crippen LogP contribution is 2.12. The van der Waals surface area contributed by atoms with Crippen LogP contribution in [0.3, 0.4) is 0 Å². The molecule has 0 aliphatic carbocycles. The van der Waals surface area contributed by atoms with Gasteiger partial charge in [0.05, 0.1) is 11.4 Å². The summed E-state index contributed by atoms with van der Waals surface area (Å²) in [5.74, 6) is -1.10. The van der Waals surface area contributed by atoms with Crippen molar-refractivity contribution in [1.29, 1.82) is 0 Å². The lowest BCUT2D eigenvalue weighted by Crippen LogP contribution is -2.30. The van der Waals surface area contributed by atoms with Crippen molar-refractivity contribution in [2.24, 2.45) is 0 Å². The van der Waals surface area contributed by atoms with Crippen LogP contribution < -0.4 is 10.0 Å². The van der Waals surface area contributed by atoms with Gasteiger partial charge in [-0.2, -0.15) is 5.10 Å². The predicted molar refractivity (Wildman–Crippen MR) is 99.4 cm³/mol. The largest absolute Gasteiger partial charge is 0.367 e. The molecule has 0 fully saturated rings. The van der Waals surface area contributed by atoms with E-state index in [-0.39, 0.29) is 18.7 Å². The number of aromatic nitrogens is 4. The van der Waals surface area contributed by atoms with Gasteiger partial charge in [0.1, 0.15) is 17.5 Å². The molecule has 2 N–H and O–H groups in total. The maximum absolute atomic E-state index is 13.6. The Morgan fingerprint density at radius 1 is 1.07 bits per heavy atom. The Kier molecular flexibility index (Phi) is 5.95. The normalized spacial score (nSPS) is 11.5. The molecule has 0 saturated carbocycles. The quantitative estimate of drug-likeness (QED) is 0.551. The molecule has 0 amide bonds. The van der Waals surface area contributed by atoms with E-state index < -0.39 is 27.4 Å². The molecule has 0 spiro atoms. The highest BCUT2D eigenvalue weighted by atomic mass is 32.2. The van der Waals surface area contributed by atoms with Crippen LogP contribution >= 0.6 is 0 Å². The van der Waals surface area contributed by atoms with Crippen LogP contribution in [0.15, 0.2) is 42.6 Å². The average Bonchev–Trinajstić information content (AvgIpc) is 3.08. The summed E-state index contributed by atoms with van der Waals surface area (Å²) in [6.07, 6.45) is 1.77. The van der Waals surface area contributed by atoms with E-state index in [9.17, 15) is 17.2 Å². The zero-order valence-corrected chi connectivity index (χ0v) is 15.7. The third-order valence-corrected chi connectivity index (χ3v) is 5.05. The van der Waals surface area contributed by atoms with Crippen LogP contribution in [0.5, 0.6) is 0 Å². The van der Waals surface area contributed by atoms with E-state index in [1.807, 2.05) is 13.0 Å². The molecule has 148 valence electrons. The second-order valence-electron chi connectivity index (χ2n) is 5.99. The summed E-state index contributed by atoms with van der Waals surface area (Å²) in [5, 5.41) is 15.2. The Balaban J connectivity index is 1.49. The monoisotopic (exact) mass is 408 g/mol. The van der Waals surface area contributed by atoms with Crippen molar-refractivity contribution in [2.45, 2.75) is 12.7 Å². The van der Waals surface area contributed by atoms with Crippen LogP contribution in [-0.4, -0.2) is 41.5 Å². The first kappa shape index (κ1) is 19.8. The minimum atomic E-state index is -3.81. The van der Waals surface area contributed by atoms with E-state index in [1.165, 1.54) is 0 Å². The Hall–Kier alpha value is -2.92. The van der Waals surface area contributed by atoms with Crippen LogP contribution in [0.4, 0.5) is 14.6 Å². The van der Waals surface area contributed by atoms with E-state index in [0.29, 0.717) is 11.6 Å². The predicted octanol–water partition coefficient (Wildman–Crippen LogP) is 1.78. The van der Waals surface area contributed by atoms with Gasteiger partial charge < -0.3 is 5.32 Å². The number of nitrogens with zero attached hydrogens (tertiary/aromatic N) is 4. The summed E-state index contributed by atoms with van der Waals surface area (Å²) in [7, 11) is -3.81. The van der Waals surface area contributed by atoms with Crippen molar-refractivity contribution >= 4 is 15.8 Å². The van der Waals surface area contributed by atoms with Gasteiger partial charge in [-0.15, -0.1) is 10.2 Å². The minimum absolute atomic E-state index is 0.0427. The maximum atomic E-state index is 13.6. The van der Waals surface area contributed by atoms with E-state index in [4.69, 9.17) is 0 Å². The van der Waals surface area contributed by atoms with Crippen molar-refractivity contribution in [3.8, 4) is 5.82 Å². The van der Waals surface area contributed by atoms with Crippen molar-refractivity contribution in [3.63, 3.8) is 0 Å². The second-order valence-corrected chi connectivity index (χ2v) is 7.80. The van der Waals surface area contributed by atoms with Gasteiger partial charge in [-0.25, -0.2) is 26.6 Å². The topological polar surface area (TPSA) is 102 Å². The summed E-state index contributed by atoms with van der Waals surface area (Å²) in [6, 6.07) is 7.95. The molecule has 2 heterocycles. The van der Waals surface area contributed by atoms with Crippen LogP contribution in [-0.2, 0) is 15.8 Å². The number of sulfonamides is 1. The van der Waals surface area contributed by atoms with Gasteiger partial charge >= 0.3 is 0 Å². The summed E-state index contributed by atoms with van der Waals surface area (Å²) in [4.78, 5) is 0. The SMILES string of the molecule is Cc1ccn(-c2ccc(NCCNS(=O)(=O)Cc3cc(F)ccc3F)nn2)n1. The van der Waals surface area contributed by atoms with Crippen molar-refractivity contribution in [2.75, 3.05) is 18.4 Å². The molecule has 3 rings (SSSR count). The smallest absolute Gasteiger partial charge is 0.215 e. The number of rotatable bonds is 8. The molecule has 0 aliphatic heterocycles. The van der Waals surface area contributed by atoms with Crippen molar-refractivity contribution < 1.29 is 17.2 Å². The third kappa shape index (κ3) is 5.30. The number of hydrogen-bond acceptors (Lipinski definition) is 6. The molecule has 0 saturated heterocycles. The van der Waals surface area contributed by atoms with Crippen molar-refractivity contribution in [1.82, 2.24) is 24.7 Å². The fourth-order valence-corrected chi connectivity index (χ4v) is 3.54. The summed E-state index contributed by atoms with van der Waals surface area (Å²) < 4.78 is 54.7. The Morgan fingerprint density at radius 2 is 1.89 bits per heavy atom. The first-order chi connectivity index (χ1) is 13.3. The van der Waals surface area contributed by atoms with Gasteiger partial charge in [0.15, 0.2) is 5.82 Å². The van der Waals surface area contributed by atoms with Gasteiger partial charge in [0.2, 0.25) is 10.0 Å². The lowest BCUT2D eigenvalue weighted by molar-refractivity contribution is 0.571. The Bertz CT molecular complexity index is 1050. The lowest BCUT2D eigenvalue weighted by atomic mass is 10.2. The highest BCUT2D eigenvalue weighted by molar-refractivity contribution is 7.88. The van der Waals surface area contributed by atoms with E-state index in [2.05, 4.69) is 25.3 Å². The zero-order chi connectivity index (χ0) is 20.1. The second kappa shape index (κ2) is 8.40.